The predicted molar refractivity (Wildman–Crippen MR) is 73.9 cm³/mol. The smallest absolute Gasteiger partial charge is 0.282 e. The maximum absolute atomic E-state index is 11.3. The van der Waals surface area contributed by atoms with Crippen molar-refractivity contribution in [3.63, 3.8) is 0 Å². The summed E-state index contributed by atoms with van der Waals surface area (Å²) < 4.78 is 26.8. The van der Waals surface area contributed by atoms with Crippen LogP contribution < -0.4 is 0 Å². The Morgan fingerprint density at radius 2 is 1.42 bits per heavy atom. The van der Waals surface area contributed by atoms with Gasteiger partial charge in [-0.3, -0.25) is 4.89 Å². The van der Waals surface area contributed by atoms with Crippen molar-refractivity contribution in [2.45, 2.75) is 71.6 Å². The Morgan fingerprint density at radius 1 is 0.895 bits per heavy atom. The van der Waals surface area contributed by atoms with E-state index < -0.39 is 16.1 Å². The lowest BCUT2D eigenvalue weighted by molar-refractivity contribution is -0.210. The van der Waals surface area contributed by atoms with Gasteiger partial charge in [-0.25, -0.2) is 4.79 Å². The Balaban J connectivity index is 3.51. The van der Waals surface area contributed by atoms with Gasteiger partial charge in [0.05, 0.1) is 5.75 Å². The number of hydrogen-bond donors (Lipinski definition) is 0. The van der Waals surface area contributed by atoms with E-state index in [9.17, 15) is 13.2 Å². The van der Waals surface area contributed by atoms with Crippen molar-refractivity contribution in [3.05, 3.63) is 0 Å². The largest absolute Gasteiger partial charge is 0.343 e. The Kier molecular flexibility index (Phi) is 10.9. The highest BCUT2D eigenvalue weighted by molar-refractivity contribution is 7.86. The highest BCUT2D eigenvalue weighted by Crippen LogP contribution is 2.09. The van der Waals surface area contributed by atoms with Gasteiger partial charge in [0, 0.05) is 6.42 Å². The summed E-state index contributed by atoms with van der Waals surface area (Å²) in [6, 6.07) is 0. The number of rotatable bonds is 12. The first kappa shape index (κ1) is 18.4. The molecule has 0 aromatic carbocycles. The molecular formula is C13H26O5S. The molecule has 0 bridgehead atoms. The molecule has 0 saturated carbocycles. The molecule has 0 saturated heterocycles. The van der Waals surface area contributed by atoms with Gasteiger partial charge in [0.1, 0.15) is 0 Å². The van der Waals surface area contributed by atoms with Crippen LogP contribution in [-0.4, -0.2) is 20.1 Å². The number of unbranched alkanes of at least 4 members (excludes halogenated alkanes) is 7. The zero-order valence-electron chi connectivity index (χ0n) is 12.0. The molecule has 0 fully saturated rings. The summed E-state index contributed by atoms with van der Waals surface area (Å²) in [6.07, 6.45) is 8.64. The third kappa shape index (κ3) is 12.2. The molecule has 0 spiro atoms. The SMILES string of the molecule is CCCCCCCCCCS(=O)(=O)OOC(=O)CC. The fourth-order valence-corrected chi connectivity index (χ4v) is 2.40. The third-order valence-electron chi connectivity index (χ3n) is 2.77. The molecule has 0 aromatic rings. The average Bonchev–Trinajstić information content (AvgIpc) is 2.39. The molecule has 6 heteroatoms. The minimum atomic E-state index is -3.73. The highest BCUT2D eigenvalue weighted by atomic mass is 32.2. The van der Waals surface area contributed by atoms with E-state index in [0.29, 0.717) is 6.42 Å². The Labute approximate surface area is 116 Å². The topological polar surface area (TPSA) is 69.7 Å². The Hall–Kier alpha value is -0.620. The molecule has 0 N–H and O–H groups in total. The van der Waals surface area contributed by atoms with Gasteiger partial charge < -0.3 is 0 Å². The molecule has 0 radical (unpaired) electrons. The van der Waals surface area contributed by atoms with E-state index in [1.165, 1.54) is 25.7 Å². The van der Waals surface area contributed by atoms with Gasteiger partial charge in [-0.05, 0) is 6.42 Å². The first-order chi connectivity index (χ1) is 9.02. The second-order valence-corrected chi connectivity index (χ2v) is 6.27. The van der Waals surface area contributed by atoms with Crippen LogP contribution in [0.3, 0.4) is 0 Å². The van der Waals surface area contributed by atoms with E-state index in [1.54, 1.807) is 6.92 Å². The summed E-state index contributed by atoms with van der Waals surface area (Å²) in [6.45, 7) is 3.74. The minimum absolute atomic E-state index is 0.0906. The molecule has 0 aromatic heterocycles. The second-order valence-electron chi connectivity index (χ2n) is 4.61. The van der Waals surface area contributed by atoms with Crippen LogP contribution in [0.2, 0.25) is 0 Å². The Morgan fingerprint density at radius 3 is 1.95 bits per heavy atom. The molecule has 0 amide bonds. The van der Waals surface area contributed by atoms with Gasteiger partial charge >= 0.3 is 16.1 Å². The van der Waals surface area contributed by atoms with Crippen LogP contribution in [0.25, 0.3) is 0 Å². The second kappa shape index (κ2) is 11.2. The van der Waals surface area contributed by atoms with Crippen LogP contribution in [-0.2, 0) is 24.1 Å². The summed E-state index contributed by atoms with van der Waals surface area (Å²) in [5.41, 5.74) is 0. The molecule has 0 atom stereocenters. The quantitative estimate of drug-likeness (QED) is 0.314. The van der Waals surface area contributed by atoms with Gasteiger partial charge in [-0.2, -0.15) is 8.42 Å². The summed E-state index contributed by atoms with van der Waals surface area (Å²) >= 11 is 0. The molecule has 0 unspecified atom stereocenters. The van der Waals surface area contributed by atoms with Gasteiger partial charge in [0.25, 0.3) is 0 Å². The van der Waals surface area contributed by atoms with Gasteiger partial charge in [-0.15, -0.1) is 0 Å². The zero-order valence-corrected chi connectivity index (χ0v) is 12.8. The van der Waals surface area contributed by atoms with Gasteiger partial charge in [-0.1, -0.05) is 63.1 Å². The summed E-state index contributed by atoms with van der Waals surface area (Å²) in [5.74, 6) is -0.779. The van der Waals surface area contributed by atoms with Crippen LogP contribution in [0.15, 0.2) is 0 Å². The van der Waals surface area contributed by atoms with Crippen LogP contribution in [0.4, 0.5) is 0 Å². The number of carbonyl (C=O) groups excluding carboxylic acids is 1. The van der Waals surface area contributed by atoms with Crippen molar-refractivity contribution in [2.24, 2.45) is 0 Å². The first-order valence-electron chi connectivity index (χ1n) is 7.13. The van der Waals surface area contributed by atoms with Crippen molar-refractivity contribution in [1.29, 1.82) is 0 Å². The third-order valence-corrected chi connectivity index (χ3v) is 3.83. The van der Waals surface area contributed by atoms with Crippen LogP contribution in [0, 0.1) is 0 Å². The molecular weight excluding hydrogens is 268 g/mol. The van der Waals surface area contributed by atoms with Crippen molar-refractivity contribution in [2.75, 3.05) is 5.75 Å². The highest BCUT2D eigenvalue weighted by Gasteiger charge is 2.14. The van der Waals surface area contributed by atoms with Crippen LogP contribution in [0.1, 0.15) is 71.6 Å². The molecule has 0 heterocycles. The van der Waals surface area contributed by atoms with E-state index >= 15 is 0 Å². The molecule has 0 aliphatic heterocycles. The maximum Gasteiger partial charge on any atom is 0.343 e. The normalized spacial score (nSPS) is 11.5. The van der Waals surface area contributed by atoms with E-state index in [1.807, 2.05) is 0 Å². The van der Waals surface area contributed by atoms with E-state index in [2.05, 4.69) is 16.1 Å². The standard InChI is InChI=1S/C13H26O5S/c1-3-5-6-7-8-9-10-11-12-19(15,16)18-17-13(14)4-2/h3-12H2,1-2H3. The van der Waals surface area contributed by atoms with E-state index in [0.717, 1.165) is 19.3 Å². The van der Waals surface area contributed by atoms with Crippen LogP contribution in [0.5, 0.6) is 0 Å². The fraction of sp³-hybridized carbons (Fsp3) is 0.923. The fourth-order valence-electron chi connectivity index (χ4n) is 1.60. The predicted octanol–water partition coefficient (Wildman–Crippen LogP) is 3.34. The molecule has 114 valence electrons. The lowest BCUT2D eigenvalue weighted by Gasteiger charge is -2.04. The van der Waals surface area contributed by atoms with E-state index in [4.69, 9.17) is 0 Å². The minimum Gasteiger partial charge on any atom is -0.282 e. The summed E-state index contributed by atoms with van der Waals surface area (Å²) in [4.78, 5) is 14.9. The lowest BCUT2D eigenvalue weighted by Crippen LogP contribution is -2.14. The monoisotopic (exact) mass is 294 g/mol. The van der Waals surface area contributed by atoms with Crippen molar-refractivity contribution < 1.29 is 22.4 Å². The maximum atomic E-state index is 11.3. The lowest BCUT2D eigenvalue weighted by atomic mass is 10.1. The summed E-state index contributed by atoms with van der Waals surface area (Å²) in [5, 5.41) is 0. The summed E-state index contributed by atoms with van der Waals surface area (Å²) in [7, 11) is -3.73. The average molecular weight is 294 g/mol. The zero-order chi connectivity index (χ0) is 14.6. The number of hydrogen-bond acceptors (Lipinski definition) is 5. The van der Waals surface area contributed by atoms with Crippen molar-refractivity contribution in [1.82, 2.24) is 0 Å². The molecule has 5 nitrogen and oxygen atoms in total. The molecule has 0 aliphatic rings. The van der Waals surface area contributed by atoms with Crippen LogP contribution >= 0.6 is 0 Å². The van der Waals surface area contributed by atoms with Crippen molar-refractivity contribution in [3.8, 4) is 0 Å². The Bertz CT molecular complexity index is 324. The van der Waals surface area contributed by atoms with Gasteiger partial charge in [0.2, 0.25) is 0 Å². The number of carbonyl (C=O) groups is 1. The first-order valence-corrected chi connectivity index (χ1v) is 8.71. The van der Waals surface area contributed by atoms with Gasteiger partial charge in [0.15, 0.2) is 0 Å². The molecule has 0 aliphatic carbocycles. The molecule has 0 rings (SSSR count). The molecule has 19 heavy (non-hydrogen) atoms. The van der Waals surface area contributed by atoms with E-state index in [-0.39, 0.29) is 12.2 Å². The van der Waals surface area contributed by atoms with Crippen molar-refractivity contribution >= 4 is 16.1 Å².